The molecule has 3 heteroatoms. The number of benzene rings is 1. The topological polar surface area (TPSA) is 32.3 Å². The molecule has 3 nitrogen and oxygen atoms in total. The number of hydrogen-bond donors (Lipinski definition) is 1. The molecule has 1 aromatic carbocycles. The van der Waals surface area contributed by atoms with Gasteiger partial charge in [0.15, 0.2) is 0 Å². The standard InChI is InChI=1S/C16H22N2O/c1-16(2)12-10-11(13-6-4-5-9-17-13)7-8-14(12)18(3)15(16)19/h7-8,10,13,17H,4-6,9H2,1-3H3. The van der Waals surface area contributed by atoms with Gasteiger partial charge in [-0.05, 0) is 50.4 Å². The van der Waals surface area contributed by atoms with E-state index in [2.05, 4.69) is 23.5 Å². The number of nitrogens with zero attached hydrogens (tertiary/aromatic N) is 1. The number of rotatable bonds is 1. The summed E-state index contributed by atoms with van der Waals surface area (Å²) in [7, 11) is 1.87. The first kappa shape index (κ1) is 12.7. The minimum atomic E-state index is -0.394. The lowest BCUT2D eigenvalue weighted by molar-refractivity contribution is -0.121. The highest BCUT2D eigenvalue weighted by molar-refractivity contribution is 6.07. The maximum Gasteiger partial charge on any atom is 0.236 e. The van der Waals surface area contributed by atoms with Gasteiger partial charge in [0.2, 0.25) is 5.91 Å². The number of hydrogen-bond acceptors (Lipinski definition) is 2. The summed E-state index contributed by atoms with van der Waals surface area (Å²) in [6.07, 6.45) is 3.76. The number of amides is 1. The van der Waals surface area contributed by atoms with E-state index < -0.39 is 5.41 Å². The minimum Gasteiger partial charge on any atom is -0.314 e. The predicted molar refractivity (Wildman–Crippen MR) is 77.5 cm³/mol. The molecule has 1 atom stereocenters. The lowest BCUT2D eigenvalue weighted by Gasteiger charge is -2.25. The first-order valence-corrected chi connectivity index (χ1v) is 7.18. The molecule has 1 unspecified atom stereocenters. The molecule has 2 aliphatic heterocycles. The Bertz CT molecular complexity index is 515. The lowest BCUT2D eigenvalue weighted by atomic mass is 9.84. The van der Waals surface area contributed by atoms with E-state index in [0.717, 1.165) is 12.2 Å². The lowest BCUT2D eigenvalue weighted by Crippen LogP contribution is -2.33. The van der Waals surface area contributed by atoms with Crippen molar-refractivity contribution in [3.8, 4) is 0 Å². The van der Waals surface area contributed by atoms with Crippen LogP contribution in [0.1, 0.15) is 50.3 Å². The smallest absolute Gasteiger partial charge is 0.236 e. The van der Waals surface area contributed by atoms with Gasteiger partial charge in [0.1, 0.15) is 0 Å². The van der Waals surface area contributed by atoms with Crippen LogP contribution < -0.4 is 10.2 Å². The normalized spacial score (nSPS) is 25.5. The third-order valence-corrected chi connectivity index (χ3v) is 4.61. The van der Waals surface area contributed by atoms with Gasteiger partial charge >= 0.3 is 0 Å². The SMILES string of the molecule is CN1C(=O)C(C)(C)c2cc(C3CCCCN3)ccc21. The third-order valence-electron chi connectivity index (χ3n) is 4.61. The van der Waals surface area contributed by atoms with Gasteiger partial charge in [-0.15, -0.1) is 0 Å². The van der Waals surface area contributed by atoms with Crippen molar-refractivity contribution in [2.45, 2.75) is 44.6 Å². The summed E-state index contributed by atoms with van der Waals surface area (Å²) in [6.45, 7) is 5.15. The Kier molecular flexibility index (Phi) is 2.90. The van der Waals surface area contributed by atoms with Gasteiger partial charge in [-0.1, -0.05) is 18.6 Å². The summed E-state index contributed by atoms with van der Waals surface area (Å²) < 4.78 is 0. The van der Waals surface area contributed by atoms with Crippen LogP contribution in [-0.2, 0) is 10.2 Å². The number of carbonyl (C=O) groups excluding carboxylic acids is 1. The fraction of sp³-hybridized carbons (Fsp3) is 0.562. The molecule has 2 aliphatic rings. The van der Waals surface area contributed by atoms with Crippen LogP contribution in [0.5, 0.6) is 0 Å². The van der Waals surface area contributed by atoms with Crippen molar-refractivity contribution in [3.05, 3.63) is 29.3 Å². The van der Waals surface area contributed by atoms with Crippen LogP contribution in [-0.4, -0.2) is 19.5 Å². The molecule has 102 valence electrons. The molecule has 0 saturated carbocycles. The van der Waals surface area contributed by atoms with E-state index in [1.165, 1.54) is 30.4 Å². The number of fused-ring (bicyclic) bond motifs is 1. The molecule has 1 N–H and O–H groups in total. The molecular formula is C16H22N2O. The van der Waals surface area contributed by atoms with Crippen molar-refractivity contribution in [2.24, 2.45) is 0 Å². The second kappa shape index (κ2) is 4.34. The van der Waals surface area contributed by atoms with Gasteiger partial charge in [-0.3, -0.25) is 4.79 Å². The summed E-state index contributed by atoms with van der Waals surface area (Å²) in [5.74, 6) is 0.191. The van der Waals surface area contributed by atoms with E-state index in [4.69, 9.17) is 0 Å². The zero-order valence-corrected chi connectivity index (χ0v) is 12.0. The molecule has 0 aliphatic carbocycles. The van der Waals surface area contributed by atoms with Gasteiger partial charge in [0, 0.05) is 18.8 Å². The highest BCUT2D eigenvalue weighted by Crippen LogP contribution is 2.42. The Morgan fingerprint density at radius 1 is 1.32 bits per heavy atom. The first-order chi connectivity index (χ1) is 9.01. The summed E-state index contributed by atoms with van der Waals surface area (Å²) in [6, 6.07) is 6.97. The van der Waals surface area contributed by atoms with E-state index in [9.17, 15) is 4.79 Å². The molecule has 1 saturated heterocycles. The number of likely N-dealkylation sites (N-methyl/N-ethyl adjacent to an activating group) is 1. The molecule has 3 rings (SSSR count). The van der Waals surface area contributed by atoms with Crippen LogP contribution in [0.25, 0.3) is 0 Å². The van der Waals surface area contributed by atoms with Crippen molar-refractivity contribution >= 4 is 11.6 Å². The molecule has 0 radical (unpaired) electrons. The zero-order chi connectivity index (χ0) is 13.6. The van der Waals surface area contributed by atoms with Crippen LogP contribution in [0.4, 0.5) is 5.69 Å². The van der Waals surface area contributed by atoms with Gasteiger partial charge in [0.05, 0.1) is 5.41 Å². The fourth-order valence-electron chi connectivity index (χ4n) is 3.34. The Hall–Kier alpha value is -1.35. The molecular weight excluding hydrogens is 236 g/mol. The van der Waals surface area contributed by atoms with E-state index in [-0.39, 0.29) is 5.91 Å². The highest BCUT2D eigenvalue weighted by Gasteiger charge is 2.42. The van der Waals surface area contributed by atoms with Crippen molar-refractivity contribution < 1.29 is 4.79 Å². The highest BCUT2D eigenvalue weighted by atomic mass is 16.2. The molecule has 0 bridgehead atoms. The molecule has 0 spiro atoms. The maximum atomic E-state index is 12.3. The molecule has 1 fully saturated rings. The number of anilines is 1. The van der Waals surface area contributed by atoms with Crippen LogP contribution in [0, 0.1) is 0 Å². The van der Waals surface area contributed by atoms with Crippen molar-refractivity contribution in [2.75, 3.05) is 18.5 Å². The monoisotopic (exact) mass is 258 g/mol. The Balaban J connectivity index is 2.00. The number of nitrogens with one attached hydrogen (secondary N) is 1. The summed E-state index contributed by atoms with van der Waals surface area (Å²) in [5.41, 5.74) is 3.17. The van der Waals surface area contributed by atoms with Crippen LogP contribution in [0.3, 0.4) is 0 Å². The van der Waals surface area contributed by atoms with Gasteiger partial charge in [-0.2, -0.15) is 0 Å². The quantitative estimate of drug-likeness (QED) is 0.840. The Morgan fingerprint density at radius 3 is 2.79 bits per heavy atom. The summed E-state index contributed by atoms with van der Waals surface area (Å²) in [5, 5.41) is 3.58. The van der Waals surface area contributed by atoms with Crippen molar-refractivity contribution in [1.29, 1.82) is 0 Å². The second-order valence-corrected chi connectivity index (χ2v) is 6.27. The van der Waals surface area contributed by atoms with Crippen molar-refractivity contribution in [3.63, 3.8) is 0 Å². The van der Waals surface area contributed by atoms with E-state index >= 15 is 0 Å². The third kappa shape index (κ3) is 1.88. The fourth-order valence-corrected chi connectivity index (χ4v) is 3.34. The summed E-state index contributed by atoms with van der Waals surface area (Å²) >= 11 is 0. The van der Waals surface area contributed by atoms with Crippen LogP contribution in [0.15, 0.2) is 18.2 Å². The Labute approximate surface area is 115 Å². The van der Waals surface area contributed by atoms with E-state index in [0.29, 0.717) is 6.04 Å². The average molecular weight is 258 g/mol. The van der Waals surface area contributed by atoms with Gasteiger partial charge < -0.3 is 10.2 Å². The minimum absolute atomic E-state index is 0.191. The average Bonchev–Trinajstić information content (AvgIpc) is 2.61. The Morgan fingerprint density at radius 2 is 2.11 bits per heavy atom. The van der Waals surface area contributed by atoms with Crippen LogP contribution >= 0.6 is 0 Å². The number of carbonyl (C=O) groups is 1. The first-order valence-electron chi connectivity index (χ1n) is 7.18. The predicted octanol–water partition coefficient (Wildman–Crippen LogP) is 2.76. The molecule has 1 aromatic rings. The van der Waals surface area contributed by atoms with Crippen LogP contribution in [0.2, 0.25) is 0 Å². The van der Waals surface area contributed by atoms with Gasteiger partial charge in [0.25, 0.3) is 0 Å². The molecule has 19 heavy (non-hydrogen) atoms. The molecule has 2 heterocycles. The van der Waals surface area contributed by atoms with Gasteiger partial charge in [-0.25, -0.2) is 0 Å². The second-order valence-electron chi connectivity index (χ2n) is 6.27. The molecule has 1 amide bonds. The van der Waals surface area contributed by atoms with Crippen molar-refractivity contribution in [1.82, 2.24) is 5.32 Å². The van der Waals surface area contributed by atoms with E-state index in [1.54, 1.807) is 4.90 Å². The maximum absolute atomic E-state index is 12.3. The zero-order valence-electron chi connectivity index (χ0n) is 12.0. The number of piperidine rings is 1. The molecule has 0 aromatic heterocycles. The largest absolute Gasteiger partial charge is 0.314 e. The summed E-state index contributed by atoms with van der Waals surface area (Å²) in [4.78, 5) is 14.1. The van der Waals surface area contributed by atoms with E-state index in [1.807, 2.05) is 20.9 Å².